The number of methoxy groups -OCH3 is 1. The first-order valence-electron chi connectivity index (χ1n) is 6.26. The van der Waals surface area contributed by atoms with Crippen LogP contribution >= 0.6 is 0 Å². The molecule has 17 heavy (non-hydrogen) atoms. The quantitative estimate of drug-likeness (QED) is 0.559. The standard InChI is InChI=1S/C11H26N2O3S/c1-4-7-12-8-6-11-17(14,15)13(5-2)9-10-16-3/h12H,4-11H2,1-3H3. The van der Waals surface area contributed by atoms with Gasteiger partial charge < -0.3 is 10.1 Å². The molecular formula is C11H26N2O3S. The van der Waals surface area contributed by atoms with E-state index in [2.05, 4.69) is 12.2 Å². The minimum Gasteiger partial charge on any atom is -0.383 e. The van der Waals surface area contributed by atoms with Crippen molar-refractivity contribution in [1.82, 2.24) is 9.62 Å². The van der Waals surface area contributed by atoms with Gasteiger partial charge in [-0.15, -0.1) is 0 Å². The van der Waals surface area contributed by atoms with E-state index in [1.165, 1.54) is 4.31 Å². The van der Waals surface area contributed by atoms with E-state index >= 15 is 0 Å². The lowest BCUT2D eigenvalue weighted by Crippen LogP contribution is -2.36. The molecule has 0 saturated heterocycles. The van der Waals surface area contributed by atoms with Crippen molar-refractivity contribution in [3.8, 4) is 0 Å². The number of rotatable bonds is 11. The summed E-state index contributed by atoms with van der Waals surface area (Å²) in [5.41, 5.74) is 0. The van der Waals surface area contributed by atoms with Crippen LogP contribution < -0.4 is 5.32 Å². The van der Waals surface area contributed by atoms with Gasteiger partial charge in [-0.05, 0) is 25.9 Å². The minimum absolute atomic E-state index is 0.210. The lowest BCUT2D eigenvalue weighted by atomic mass is 10.4. The number of hydrogen-bond donors (Lipinski definition) is 1. The zero-order chi connectivity index (χ0) is 13.1. The topological polar surface area (TPSA) is 58.6 Å². The van der Waals surface area contributed by atoms with Gasteiger partial charge in [0, 0.05) is 20.2 Å². The van der Waals surface area contributed by atoms with Crippen LogP contribution in [0.2, 0.25) is 0 Å². The molecule has 0 amide bonds. The first-order chi connectivity index (χ1) is 8.08. The molecule has 0 heterocycles. The van der Waals surface area contributed by atoms with Crippen LogP contribution in [0.5, 0.6) is 0 Å². The highest BCUT2D eigenvalue weighted by molar-refractivity contribution is 7.89. The highest BCUT2D eigenvalue weighted by Crippen LogP contribution is 2.02. The smallest absolute Gasteiger partial charge is 0.214 e. The molecule has 0 saturated carbocycles. The first-order valence-corrected chi connectivity index (χ1v) is 7.86. The van der Waals surface area contributed by atoms with Crippen molar-refractivity contribution in [2.75, 3.05) is 45.6 Å². The van der Waals surface area contributed by atoms with E-state index in [9.17, 15) is 8.42 Å². The molecule has 104 valence electrons. The van der Waals surface area contributed by atoms with Gasteiger partial charge in [0.15, 0.2) is 0 Å². The Morgan fingerprint density at radius 3 is 2.47 bits per heavy atom. The van der Waals surface area contributed by atoms with Crippen molar-refractivity contribution in [1.29, 1.82) is 0 Å². The Hall–Kier alpha value is -0.170. The second-order valence-electron chi connectivity index (χ2n) is 3.90. The Morgan fingerprint density at radius 2 is 1.94 bits per heavy atom. The molecular weight excluding hydrogens is 240 g/mol. The van der Waals surface area contributed by atoms with Crippen LogP contribution in [0, 0.1) is 0 Å². The number of nitrogens with one attached hydrogen (secondary N) is 1. The van der Waals surface area contributed by atoms with Crippen molar-refractivity contribution in [3.63, 3.8) is 0 Å². The number of ether oxygens (including phenoxy) is 1. The van der Waals surface area contributed by atoms with Crippen molar-refractivity contribution < 1.29 is 13.2 Å². The summed E-state index contributed by atoms with van der Waals surface area (Å²) in [6, 6.07) is 0. The fourth-order valence-corrected chi connectivity index (χ4v) is 3.01. The molecule has 1 N–H and O–H groups in total. The zero-order valence-electron chi connectivity index (χ0n) is 11.2. The largest absolute Gasteiger partial charge is 0.383 e. The molecule has 0 rings (SSSR count). The Bertz CT molecular complexity index is 268. The Morgan fingerprint density at radius 1 is 1.24 bits per heavy atom. The molecule has 0 aromatic heterocycles. The van der Waals surface area contributed by atoms with Crippen LogP contribution in [0.3, 0.4) is 0 Å². The first kappa shape index (κ1) is 16.8. The van der Waals surface area contributed by atoms with Crippen molar-refractivity contribution in [2.45, 2.75) is 26.7 Å². The predicted molar refractivity (Wildman–Crippen MR) is 70.7 cm³/mol. The summed E-state index contributed by atoms with van der Waals surface area (Å²) in [7, 11) is -1.54. The van der Waals surface area contributed by atoms with Crippen LogP contribution in [-0.4, -0.2) is 58.4 Å². The van der Waals surface area contributed by atoms with E-state index < -0.39 is 10.0 Å². The molecule has 0 aliphatic rings. The molecule has 0 aliphatic heterocycles. The van der Waals surface area contributed by atoms with Crippen molar-refractivity contribution in [2.24, 2.45) is 0 Å². The molecule has 5 nitrogen and oxygen atoms in total. The van der Waals surface area contributed by atoms with E-state index in [1.54, 1.807) is 7.11 Å². The normalized spacial score (nSPS) is 12.2. The van der Waals surface area contributed by atoms with E-state index in [4.69, 9.17) is 4.74 Å². The summed E-state index contributed by atoms with van der Waals surface area (Å²) in [4.78, 5) is 0. The van der Waals surface area contributed by atoms with Gasteiger partial charge in [-0.25, -0.2) is 8.42 Å². The van der Waals surface area contributed by atoms with Gasteiger partial charge in [0.25, 0.3) is 0 Å². The Balaban J connectivity index is 3.97. The third kappa shape index (κ3) is 7.70. The van der Waals surface area contributed by atoms with Crippen LogP contribution in [-0.2, 0) is 14.8 Å². The summed E-state index contributed by atoms with van der Waals surface area (Å²) < 4.78 is 30.3. The molecule has 0 aromatic carbocycles. The van der Waals surface area contributed by atoms with Crippen molar-refractivity contribution in [3.05, 3.63) is 0 Å². The van der Waals surface area contributed by atoms with Crippen LogP contribution in [0.1, 0.15) is 26.7 Å². The molecule has 0 bridgehead atoms. The summed E-state index contributed by atoms with van der Waals surface area (Å²) in [5, 5.41) is 3.20. The number of hydrogen-bond acceptors (Lipinski definition) is 4. The third-order valence-corrected chi connectivity index (χ3v) is 4.51. The maximum Gasteiger partial charge on any atom is 0.214 e. The van der Waals surface area contributed by atoms with Gasteiger partial charge in [-0.3, -0.25) is 0 Å². The highest BCUT2D eigenvalue weighted by atomic mass is 32.2. The highest BCUT2D eigenvalue weighted by Gasteiger charge is 2.19. The molecule has 0 aliphatic carbocycles. The summed E-state index contributed by atoms with van der Waals surface area (Å²) in [6.45, 7) is 7.04. The fourth-order valence-electron chi connectivity index (χ4n) is 1.50. The van der Waals surface area contributed by atoms with E-state index in [1.807, 2.05) is 6.92 Å². The van der Waals surface area contributed by atoms with Crippen molar-refractivity contribution >= 4 is 10.0 Å². The SMILES string of the molecule is CCCNCCCS(=O)(=O)N(CC)CCOC. The van der Waals surface area contributed by atoms with Crippen LogP contribution in [0.25, 0.3) is 0 Å². The molecule has 0 aromatic rings. The van der Waals surface area contributed by atoms with Gasteiger partial charge in [-0.1, -0.05) is 13.8 Å². The molecule has 0 spiro atoms. The molecule has 6 heteroatoms. The monoisotopic (exact) mass is 266 g/mol. The van der Waals surface area contributed by atoms with Crippen LogP contribution in [0.15, 0.2) is 0 Å². The Labute approximate surface area is 106 Å². The number of nitrogens with zero attached hydrogens (tertiary/aromatic N) is 1. The predicted octanol–water partition coefficient (Wildman–Crippen LogP) is 0.674. The number of likely N-dealkylation sites (N-methyl/N-ethyl adjacent to an activating group) is 1. The van der Waals surface area contributed by atoms with Gasteiger partial charge in [0.05, 0.1) is 12.4 Å². The molecule has 0 atom stereocenters. The molecule has 0 fully saturated rings. The maximum atomic E-state index is 11.9. The third-order valence-electron chi connectivity index (χ3n) is 2.47. The maximum absolute atomic E-state index is 11.9. The lowest BCUT2D eigenvalue weighted by Gasteiger charge is -2.19. The molecule has 0 radical (unpaired) electrons. The average molecular weight is 266 g/mol. The minimum atomic E-state index is -3.12. The van der Waals surface area contributed by atoms with Gasteiger partial charge >= 0.3 is 0 Å². The van der Waals surface area contributed by atoms with E-state index in [0.717, 1.165) is 19.5 Å². The summed E-state index contributed by atoms with van der Waals surface area (Å²) >= 11 is 0. The Kier molecular flexibility index (Phi) is 9.72. The fraction of sp³-hybridized carbons (Fsp3) is 1.00. The van der Waals surface area contributed by atoms with Gasteiger partial charge in [-0.2, -0.15) is 4.31 Å². The van der Waals surface area contributed by atoms with Gasteiger partial charge in [0.2, 0.25) is 10.0 Å². The lowest BCUT2D eigenvalue weighted by molar-refractivity contribution is 0.180. The second kappa shape index (κ2) is 9.82. The summed E-state index contributed by atoms with van der Waals surface area (Å²) in [5.74, 6) is 0.210. The second-order valence-corrected chi connectivity index (χ2v) is 5.99. The molecule has 0 unspecified atom stereocenters. The zero-order valence-corrected chi connectivity index (χ0v) is 12.1. The number of sulfonamides is 1. The van der Waals surface area contributed by atoms with E-state index in [-0.39, 0.29) is 5.75 Å². The average Bonchev–Trinajstić information content (AvgIpc) is 2.29. The summed E-state index contributed by atoms with van der Waals surface area (Å²) in [6.07, 6.45) is 1.73. The van der Waals surface area contributed by atoms with E-state index in [0.29, 0.717) is 26.1 Å². The van der Waals surface area contributed by atoms with Gasteiger partial charge in [0.1, 0.15) is 0 Å². The van der Waals surface area contributed by atoms with Crippen LogP contribution in [0.4, 0.5) is 0 Å².